The van der Waals surface area contributed by atoms with E-state index in [1.165, 1.54) is 11.1 Å². The number of hydrogen-bond donors (Lipinski definition) is 3. The van der Waals surface area contributed by atoms with Crippen LogP contribution in [0.5, 0.6) is 0 Å². The number of rotatable bonds is 5. The van der Waals surface area contributed by atoms with Crippen LogP contribution in [0.25, 0.3) is 6.08 Å². The highest BCUT2D eigenvalue weighted by Crippen LogP contribution is 2.46. The fourth-order valence-electron chi connectivity index (χ4n) is 4.14. The van der Waals surface area contributed by atoms with E-state index in [1.54, 1.807) is 6.08 Å². The van der Waals surface area contributed by atoms with Crippen LogP contribution in [0.2, 0.25) is 0 Å². The van der Waals surface area contributed by atoms with Gasteiger partial charge >= 0.3 is 5.97 Å². The van der Waals surface area contributed by atoms with Gasteiger partial charge in [0, 0.05) is 6.08 Å². The third kappa shape index (κ3) is 4.03. The molecule has 3 rings (SSSR count). The highest BCUT2D eigenvalue weighted by atomic mass is 16.5. The molecule has 1 aliphatic carbocycles. The first-order valence-corrected chi connectivity index (χ1v) is 9.69. The zero-order chi connectivity index (χ0) is 20.5. The first-order chi connectivity index (χ1) is 13.1. The zero-order valence-corrected chi connectivity index (χ0v) is 17.0. The summed E-state index contributed by atoms with van der Waals surface area (Å²) in [6.45, 7) is 9.15. The summed E-state index contributed by atoms with van der Waals surface area (Å²) in [5.74, 6) is -0.984. The van der Waals surface area contributed by atoms with Crippen LogP contribution in [0.1, 0.15) is 74.4 Å². The largest absolute Gasteiger partial charge is 0.478 e. The number of hydrogen-bond acceptors (Lipinski definition) is 3. The van der Waals surface area contributed by atoms with Gasteiger partial charge in [-0.3, -0.25) is 0 Å². The molecule has 3 N–H and O–H groups in total. The summed E-state index contributed by atoms with van der Waals surface area (Å²) in [6, 6.07) is 13.6. The third-order valence-electron chi connectivity index (χ3n) is 6.00. The Bertz CT molecular complexity index is 912. The molecule has 2 aromatic carbocycles. The topological polar surface area (TPSA) is 69.6 Å². The van der Waals surface area contributed by atoms with E-state index in [9.17, 15) is 10.0 Å². The van der Waals surface area contributed by atoms with Crippen LogP contribution in [0, 0.1) is 0 Å². The van der Waals surface area contributed by atoms with E-state index in [2.05, 4.69) is 51.4 Å². The molecular weight excluding hydrogens is 350 g/mol. The Morgan fingerprint density at radius 1 is 1.00 bits per heavy atom. The lowest BCUT2D eigenvalue weighted by molar-refractivity contribution is -0.131. The number of carbonyl (C=O) groups is 1. The minimum atomic E-state index is -0.984. The van der Waals surface area contributed by atoms with Gasteiger partial charge in [0.25, 0.3) is 0 Å². The van der Waals surface area contributed by atoms with Gasteiger partial charge in [-0.2, -0.15) is 5.48 Å². The predicted octanol–water partition coefficient (Wildman–Crippen LogP) is 5.20. The zero-order valence-electron chi connectivity index (χ0n) is 17.0. The van der Waals surface area contributed by atoms with Crippen molar-refractivity contribution in [2.45, 2.75) is 57.4 Å². The van der Waals surface area contributed by atoms with E-state index >= 15 is 0 Å². The lowest BCUT2D eigenvalue weighted by Gasteiger charge is -2.42. The van der Waals surface area contributed by atoms with E-state index in [4.69, 9.17) is 5.11 Å². The lowest BCUT2D eigenvalue weighted by atomic mass is 9.63. The molecule has 0 saturated carbocycles. The summed E-state index contributed by atoms with van der Waals surface area (Å²) in [4.78, 5) is 10.8. The molecule has 28 heavy (non-hydrogen) atoms. The molecule has 0 bridgehead atoms. The van der Waals surface area contributed by atoms with Crippen LogP contribution in [-0.2, 0) is 15.6 Å². The minimum absolute atomic E-state index is 0.0902. The molecule has 2 aromatic rings. The molecule has 1 unspecified atom stereocenters. The predicted molar refractivity (Wildman–Crippen MR) is 112 cm³/mol. The summed E-state index contributed by atoms with van der Waals surface area (Å²) in [6.07, 6.45) is 4.96. The van der Waals surface area contributed by atoms with Gasteiger partial charge in [0.2, 0.25) is 0 Å². The standard InChI is InChI=1S/C24H29NO3/c1-23(2)12-13-24(3,4)20-15-18(9-10-19(20)23)22(25-28)17-7-5-6-16(14-17)8-11-21(26)27/h5-11,14-15,22,25,28H,12-13H2,1-4H3,(H,26,27). The van der Waals surface area contributed by atoms with Crippen LogP contribution in [-0.4, -0.2) is 16.3 Å². The molecule has 148 valence electrons. The first-order valence-electron chi connectivity index (χ1n) is 9.69. The van der Waals surface area contributed by atoms with Gasteiger partial charge in [-0.15, -0.1) is 0 Å². The second kappa shape index (κ2) is 7.53. The molecule has 0 fully saturated rings. The Kier molecular flexibility index (Phi) is 5.46. The first kappa shape index (κ1) is 20.3. The van der Waals surface area contributed by atoms with E-state index < -0.39 is 5.97 Å². The second-order valence-electron chi connectivity index (χ2n) is 8.98. The lowest BCUT2D eigenvalue weighted by Crippen LogP contribution is -2.34. The maximum Gasteiger partial charge on any atom is 0.328 e. The molecular formula is C24H29NO3. The second-order valence-corrected chi connectivity index (χ2v) is 8.98. The Balaban J connectivity index is 2.03. The number of benzene rings is 2. The highest BCUT2D eigenvalue weighted by molar-refractivity contribution is 5.85. The van der Waals surface area contributed by atoms with Gasteiger partial charge in [0.05, 0.1) is 6.04 Å². The molecule has 0 heterocycles. The molecule has 0 saturated heterocycles. The number of nitrogens with one attached hydrogen (secondary N) is 1. The highest BCUT2D eigenvalue weighted by Gasteiger charge is 2.37. The van der Waals surface area contributed by atoms with Crippen LogP contribution in [0.4, 0.5) is 0 Å². The Morgan fingerprint density at radius 2 is 1.64 bits per heavy atom. The molecule has 0 amide bonds. The van der Waals surface area contributed by atoms with Gasteiger partial charge in [-0.25, -0.2) is 4.79 Å². The van der Waals surface area contributed by atoms with Crippen molar-refractivity contribution >= 4 is 12.0 Å². The minimum Gasteiger partial charge on any atom is -0.478 e. The van der Waals surface area contributed by atoms with Crippen LogP contribution in [0.3, 0.4) is 0 Å². The maximum atomic E-state index is 10.8. The van der Waals surface area contributed by atoms with Gasteiger partial charge in [0.15, 0.2) is 0 Å². The van der Waals surface area contributed by atoms with Crippen molar-refractivity contribution in [3.63, 3.8) is 0 Å². The molecule has 0 aromatic heterocycles. The molecule has 0 spiro atoms. The molecule has 4 nitrogen and oxygen atoms in total. The average Bonchev–Trinajstić information content (AvgIpc) is 2.65. The molecule has 1 atom stereocenters. The Hall–Kier alpha value is -2.43. The summed E-state index contributed by atoms with van der Waals surface area (Å²) in [7, 11) is 0. The van der Waals surface area contributed by atoms with Crippen molar-refractivity contribution in [2.75, 3.05) is 0 Å². The van der Waals surface area contributed by atoms with Crippen LogP contribution in [0.15, 0.2) is 48.5 Å². The number of carboxylic acids is 1. The SMILES string of the molecule is CC1(C)CCC(C)(C)c2cc(C(NO)c3cccc(C=CC(=O)O)c3)ccc21. The van der Waals surface area contributed by atoms with Crippen molar-refractivity contribution < 1.29 is 15.1 Å². The van der Waals surface area contributed by atoms with E-state index in [1.807, 2.05) is 24.3 Å². The van der Waals surface area contributed by atoms with Gasteiger partial charge in [-0.05, 0) is 63.6 Å². The maximum absolute atomic E-state index is 10.8. The summed E-state index contributed by atoms with van der Waals surface area (Å²) >= 11 is 0. The number of carboxylic acid groups (broad SMARTS) is 1. The van der Waals surface area contributed by atoms with Gasteiger partial charge in [0.1, 0.15) is 0 Å². The summed E-state index contributed by atoms with van der Waals surface area (Å²) in [5.41, 5.74) is 8.04. The molecule has 4 heteroatoms. The summed E-state index contributed by atoms with van der Waals surface area (Å²) in [5, 5.41) is 18.8. The quantitative estimate of drug-likeness (QED) is 0.493. The van der Waals surface area contributed by atoms with E-state index in [0.717, 1.165) is 35.6 Å². The fraction of sp³-hybridized carbons (Fsp3) is 0.375. The Labute approximate surface area is 166 Å². The smallest absolute Gasteiger partial charge is 0.328 e. The van der Waals surface area contributed by atoms with Crippen molar-refractivity contribution in [3.05, 3.63) is 76.4 Å². The molecule has 1 aliphatic rings. The van der Waals surface area contributed by atoms with Crippen molar-refractivity contribution in [1.82, 2.24) is 5.48 Å². The summed E-state index contributed by atoms with van der Waals surface area (Å²) < 4.78 is 0. The number of fused-ring (bicyclic) bond motifs is 1. The van der Waals surface area contributed by atoms with Crippen molar-refractivity contribution in [3.8, 4) is 0 Å². The third-order valence-corrected chi connectivity index (χ3v) is 6.00. The number of hydroxylamine groups is 1. The average molecular weight is 380 g/mol. The monoisotopic (exact) mass is 379 g/mol. The van der Waals surface area contributed by atoms with Crippen LogP contribution >= 0.6 is 0 Å². The van der Waals surface area contributed by atoms with Crippen molar-refractivity contribution in [2.24, 2.45) is 0 Å². The van der Waals surface area contributed by atoms with Gasteiger partial charge in [-0.1, -0.05) is 64.1 Å². The fourth-order valence-corrected chi connectivity index (χ4v) is 4.14. The molecule has 0 radical (unpaired) electrons. The van der Waals surface area contributed by atoms with E-state index in [0.29, 0.717) is 0 Å². The van der Waals surface area contributed by atoms with Gasteiger partial charge < -0.3 is 10.3 Å². The van der Waals surface area contributed by atoms with Crippen molar-refractivity contribution in [1.29, 1.82) is 0 Å². The normalized spacial score (nSPS) is 18.6. The molecule has 0 aliphatic heterocycles. The van der Waals surface area contributed by atoms with Crippen LogP contribution < -0.4 is 5.48 Å². The number of aliphatic carboxylic acids is 1. The van der Waals surface area contributed by atoms with E-state index in [-0.39, 0.29) is 16.9 Å². The Morgan fingerprint density at radius 3 is 2.29 bits per heavy atom.